The number of carbonyl (C=O) groups is 3. The molecule has 34 heavy (non-hydrogen) atoms. The summed E-state index contributed by atoms with van der Waals surface area (Å²) in [5.74, 6) is 0.267. The number of rotatable bonds is 5. The summed E-state index contributed by atoms with van der Waals surface area (Å²) in [5.41, 5.74) is 1.56. The molecule has 5 rings (SSSR count). The highest BCUT2D eigenvalue weighted by Gasteiger charge is 2.42. The maximum absolute atomic E-state index is 13.1. The molecule has 0 spiro atoms. The van der Waals surface area contributed by atoms with E-state index in [1.807, 2.05) is 24.3 Å². The minimum Gasteiger partial charge on any atom is -0.352 e. The number of nitrogens with one attached hydrogen (secondary N) is 1. The van der Waals surface area contributed by atoms with Crippen molar-refractivity contribution in [2.24, 2.45) is 0 Å². The third-order valence-corrected chi connectivity index (χ3v) is 6.09. The van der Waals surface area contributed by atoms with E-state index >= 15 is 0 Å². The van der Waals surface area contributed by atoms with Gasteiger partial charge in [0.05, 0.1) is 11.1 Å². The van der Waals surface area contributed by atoms with Crippen LogP contribution in [-0.2, 0) is 4.79 Å². The molecule has 1 fully saturated rings. The molecule has 10 heteroatoms. The summed E-state index contributed by atoms with van der Waals surface area (Å²) >= 11 is 0. The van der Waals surface area contributed by atoms with Gasteiger partial charge in [-0.3, -0.25) is 24.3 Å². The van der Waals surface area contributed by atoms with Gasteiger partial charge in [0.15, 0.2) is 11.6 Å². The van der Waals surface area contributed by atoms with Crippen LogP contribution in [0.15, 0.2) is 60.9 Å². The summed E-state index contributed by atoms with van der Waals surface area (Å²) in [6.07, 6.45) is 3.39. The highest BCUT2D eigenvalue weighted by Crippen LogP contribution is 2.25. The van der Waals surface area contributed by atoms with Crippen molar-refractivity contribution in [1.29, 1.82) is 0 Å². The average molecular weight is 457 g/mol. The number of carbonyl (C=O) groups excluding carboxylic acids is 3. The van der Waals surface area contributed by atoms with Gasteiger partial charge in [0.25, 0.3) is 11.8 Å². The molecule has 0 bridgehead atoms. The molecular weight excluding hydrogens is 434 g/mol. The van der Waals surface area contributed by atoms with Crippen molar-refractivity contribution >= 4 is 35.0 Å². The Kier molecular flexibility index (Phi) is 5.62. The van der Waals surface area contributed by atoms with Gasteiger partial charge in [-0.15, -0.1) is 10.2 Å². The molecule has 2 aliphatic rings. The van der Waals surface area contributed by atoms with E-state index < -0.39 is 17.9 Å². The number of amides is 3. The first kappa shape index (κ1) is 21.5. The lowest BCUT2D eigenvalue weighted by molar-refractivity contribution is -0.135. The van der Waals surface area contributed by atoms with Gasteiger partial charge in [-0.25, -0.2) is 0 Å². The number of hydrogen-bond donors (Lipinski definition) is 1. The van der Waals surface area contributed by atoms with E-state index in [9.17, 15) is 14.4 Å². The van der Waals surface area contributed by atoms with Crippen LogP contribution >= 0.6 is 0 Å². The number of anilines is 3. The van der Waals surface area contributed by atoms with Crippen molar-refractivity contribution in [3.05, 3.63) is 72.1 Å². The molecule has 0 saturated carbocycles. The van der Waals surface area contributed by atoms with Crippen molar-refractivity contribution in [3.8, 4) is 0 Å². The predicted molar refractivity (Wildman–Crippen MR) is 125 cm³/mol. The number of pyridine rings is 1. The Bertz CT molecular complexity index is 1190. The SMILES string of the molecule is CC(C(=O)N1CCN(c2ccc(Nc3ccncc3)nn2)CC1)N1C(=O)c2ccccc2C1=O. The molecule has 1 aromatic carbocycles. The van der Waals surface area contributed by atoms with Crippen LogP contribution in [0.3, 0.4) is 0 Å². The lowest BCUT2D eigenvalue weighted by Gasteiger charge is -2.37. The first-order valence-corrected chi connectivity index (χ1v) is 11.0. The summed E-state index contributed by atoms with van der Waals surface area (Å²) in [6.45, 7) is 3.69. The van der Waals surface area contributed by atoms with E-state index in [2.05, 4.69) is 25.4 Å². The van der Waals surface area contributed by atoms with Crippen molar-refractivity contribution in [3.63, 3.8) is 0 Å². The number of aromatic nitrogens is 3. The predicted octanol–water partition coefficient (Wildman–Crippen LogP) is 1.95. The van der Waals surface area contributed by atoms with Crippen LogP contribution in [0.25, 0.3) is 0 Å². The fourth-order valence-corrected chi connectivity index (χ4v) is 4.23. The zero-order chi connectivity index (χ0) is 23.7. The zero-order valence-electron chi connectivity index (χ0n) is 18.6. The summed E-state index contributed by atoms with van der Waals surface area (Å²) in [7, 11) is 0. The number of benzene rings is 1. The van der Waals surface area contributed by atoms with Gasteiger partial charge in [-0.05, 0) is 43.3 Å². The quantitative estimate of drug-likeness (QED) is 0.579. The van der Waals surface area contributed by atoms with Crippen molar-refractivity contribution in [2.75, 3.05) is 36.4 Å². The van der Waals surface area contributed by atoms with Crippen LogP contribution in [-0.4, -0.2) is 74.9 Å². The standard InChI is InChI=1S/C24H23N7O3/c1-16(31-23(33)18-4-2-3-5-19(18)24(31)34)22(32)30-14-12-29(13-15-30)21-7-6-20(27-28-21)26-17-8-10-25-11-9-17/h2-11,16H,12-15H2,1H3,(H,25,26,27). The van der Waals surface area contributed by atoms with E-state index in [0.717, 1.165) is 16.4 Å². The normalized spacial score (nSPS) is 16.4. The van der Waals surface area contributed by atoms with E-state index in [1.165, 1.54) is 0 Å². The highest BCUT2D eigenvalue weighted by atomic mass is 16.2. The third-order valence-electron chi connectivity index (χ3n) is 6.09. The Balaban J connectivity index is 1.19. The van der Waals surface area contributed by atoms with Crippen LogP contribution in [0, 0.1) is 0 Å². The highest BCUT2D eigenvalue weighted by molar-refractivity contribution is 6.22. The smallest absolute Gasteiger partial charge is 0.262 e. The largest absolute Gasteiger partial charge is 0.352 e. The number of fused-ring (bicyclic) bond motifs is 1. The van der Waals surface area contributed by atoms with E-state index in [-0.39, 0.29) is 5.91 Å². The third kappa shape index (κ3) is 3.94. The Morgan fingerprint density at radius 3 is 2.12 bits per heavy atom. The van der Waals surface area contributed by atoms with Gasteiger partial charge < -0.3 is 15.1 Å². The number of imide groups is 1. The van der Waals surface area contributed by atoms with Gasteiger partial charge in [0, 0.05) is 44.3 Å². The summed E-state index contributed by atoms with van der Waals surface area (Å²) in [4.78, 5) is 47.3. The van der Waals surface area contributed by atoms with Crippen molar-refractivity contribution < 1.29 is 14.4 Å². The minimum absolute atomic E-state index is 0.239. The van der Waals surface area contributed by atoms with Gasteiger partial charge in [0.2, 0.25) is 5.91 Å². The maximum Gasteiger partial charge on any atom is 0.262 e. The van der Waals surface area contributed by atoms with Crippen molar-refractivity contribution in [1.82, 2.24) is 25.0 Å². The fraction of sp³-hybridized carbons (Fsp3) is 0.250. The molecule has 1 atom stereocenters. The molecule has 1 saturated heterocycles. The molecular formula is C24H23N7O3. The number of nitrogens with zero attached hydrogens (tertiary/aromatic N) is 6. The van der Waals surface area contributed by atoms with Crippen LogP contribution < -0.4 is 10.2 Å². The Hall–Kier alpha value is -4.34. The molecule has 3 aromatic rings. The van der Waals surface area contributed by atoms with Crippen LogP contribution in [0.4, 0.5) is 17.3 Å². The second kappa shape index (κ2) is 8.89. The molecule has 0 radical (unpaired) electrons. The molecule has 1 N–H and O–H groups in total. The lowest BCUT2D eigenvalue weighted by atomic mass is 10.1. The molecule has 172 valence electrons. The van der Waals surface area contributed by atoms with Crippen molar-refractivity contribution in [2.45, 2.75) is 13.0 Å². The second-order valence-electron chi connectivity index (χ2n) is 8.15. The monoisotopic (exact) mass is 457 g/mol. The minimum atomic E-state index is -0.864. The van der Waals surface area contributed by atoms with Gasteiger partial charge in [-0.2, -0.15) is 0 Å². The second-order valence-corrected chi connectivity index (χ2v) is 8.15. The van der Waals surface area contributed by atoms with Gasteiger partial charge in [-0.1, -0.05) is 12.1 Å². The van der Waals surface area contributed by atoms with E-state index in [4.69, 9.17) is 0 Å². The summed E-state index contributed by atoms with van der Waals surface area (Å²) < 4.78 is 0. The lowest BCUT2D eigenvalue weighted by Crippen LogP contribution is -2.55. The number of hydrogen-bond acceptors (Lipinski definition) is 8. The van der Waals surface area contributed by atoms with Gasteiger partial charge in [0.1, 0.15) is 6.04 Å². The molecule has 3 amide bonds. The summed E-state index contributed by atoms with van der Waals surface area (Å²) in [6, 6.07) is 13.2. The molecule has 4 heterocycles. The summed E-state index contributed by atoms with van der Waals surface area (Å²) in [5, 5.41) is 11.7. The molecule has 1 unspecified atom stereocenters. The fourth-order valence-electron chi connectivity index (χ4n) is 4.23. The molecule has 10 nitrogen and oxygen atoms in total. The van der Waals surface area contributed by atoms with Crippen LogP contribution in [0.2, 0.25) is 0 Å². The average Bonchev–Trinajstić information content (AvgIpc) is 3.14. The maximum atomic E-state index is 13.1. The Morgan fingerprint density at radius 2 is 1.53 bits per heavy atom. The topological polar surface area (TPSA) is 112 Å². The zero-order valence-corrected chi connectivity index (χ0v) is 18.6. The molecule has 2 aliphatic heterocycles. The van der Waals surface area contributed by atoms with Crippen LogP contribution in [0.1, 0.15) is 27.6 Å². The first-order valence-electron chi connectivity index (χ1n) is 11.0. The Morgan fingerprint density at radius 1 is 0.882 bits per heavy atom. The van der Waals surface area contributed by atoms with Crippen LogP contribution in [0.5, 0.6) is 0 Å². The van der Waals surface area contributed by atoms with E-state index in [0.29, 0.717) is 43.1 Å². The first-order chi connectivity index (χ1) is 16.5. The number of piperazine rings is 1. The molecule has 2 aromatic heterocycles. The Labute approximate surface area is 196 Å². The van der Waals surface area contributed by atoms with Gasteiger partial charge >= 0.3 is 0 Å². The molecule has 0 aliphatic carbocycles. The van der Waals surface area contributed by atoms with E-state index in [1.54, 1.807) is 48.5 Å².